The molecule has 0 fully saturated rings. The lowest BCUT2D eigenvalue weighted by atomic mass is 10.0. The number of hydrogen-bond acceptors (Lipinski definition) is 2. The highest BCUT2D eigenvalue weighted by Gasteiger charge is 2.27. The summed E-state index contributed by atoms with van der Waals surface area (Å²) >= 11 is 0. The predicted molar refractivity (Wildman–Crippen MR) is 92.7 cm³/mol. The van der Waals surface area contributed by atoms with Gasteiger partial charge in [-0.1, -0.05) is 32.0 Å². The highest BCUT2D eigenvalue weighted by atomic mass is 35.5. The Kier molecular flexibility index (Phi) is 10.0. The molecule has 1 rings (SSSR count). The monoisotopic (exact) mass is 341 g/mol. The fraction of sp³-hybridized carbons (Fsp3) is 0.579. The first-order valence-electron chi connectivity index (χ1n) is 8.29. The van der Waals surface area contributed by atoms with Gasteiger partial charge >= 0.3 is 0 Å². The SMILES string of the molecule is CCOC(=CC(CC(C)C)[N+](C)(C)CC)Oc1ccccc1.[Cl-]. The van der Waals surface area contributed by atoms with E-state index in [1.54, 1.807) is 0 Å². The van der Waals surface area contributed by atoms with Gasteiger partial charge < -0.3 is 26.4 Å². The van der Waals surface area contributed by atoms with Crippen molar-refractivity contribution in [3.63, 3.8) is 0 Å². The number of ether oxygens (including phenoxy) is 2. The Balaban J connectivity index is 0.00000484. The molecule has 23 heavy (non-hydrogen) atoms. The maximum atomic E-state index is 5.94. The van der Waals surface area contributed by atoms with Gasteiger partial charge in [0.2, 0.25) is 0 Å². The first-order valence-corrected chi connectivity index (χ1v) is 8.29. The van der Waals surface area contributed by atoms with Gasteiger partial charge in [-0.3, -0.25) is 0 Å². The van der Waals surface area contributed by atoms with Gasteiger partial charge in [0.1, 0.15) is 11.8 Å². The minimum absolute atomic E-state index is 0. The Morgan fingerprint density at radius 3 is 2.22 bits per heavy atom. The second-order valence-corrected chi connectivity index (χ2v) is 6.63. The molecule has 0 spiro atoms. The summed E-state index contributed by atoms with van der Waals surface area (Å²) < 4.78 is 12.6. The zero-order chi connectivity index (χ0) is 16.6. The predicted octanol–water partition coefficient (Wildman–Crippen LogP) is 1.46. The molecule has 0 aromatic heterocycles. The van der Waals surface area contributed by atoms with Crippen molar-refractivity contribution in [1.29, 1.82) is 0 Å². The molecule has 132 valence electrons. The van der Waals surface area contributed by atoms with E-state index in [1.807, 2.05) is 37.3 Å². The van der Waals surface area contributed by atoms with E-state index < -0.39 is 0 Å². The van der Waals surface area contributed by atoms with Crippen LogP contribution in [0.4, 0.5) is 0 Å². The van der Waals surface area contributed by atoms with E-state index in [2.05, 4.69) is 40.9 Å². The van der Waals surface area contributed by atoms with Gasteiger partial charge in [-0.25, -0.2) is 0 Å². The number of nitrogens with zero attached hydrogens (tertiary/aromatic N) is 1. The summed E-state index contributed by atoms with van der Waals surface area (Å²) in [5.74, 6) is 2.05. The zero-order valence-corrected chi connectivity index (χ0v) is 16.1. The van der Waals surface area contributed by atoms with Crippen molar-refractivity contribution >= 4 is 0 Å². The number of rotatable bonds is 9. The van der Waals surface area contributed by atoms with Crippen molar-refractivity contribution in [3.8, 4) is 5.75 Å². The molecule has 0 bridgehead atoms. The molecular formula is C19H32ClNO2. The van der Waals surface area contributed by atoms with Crippen molar-refractivity contribution in [2.75, 3.05) is 27.2 Å². The minimum atomic E-state index is 0. The fourth-order valence-corrected chi connectivity index (χ4v) is 2.29. The largest absolute Gasteiger partial charge is 1.00 e. The highest BCUT2D eigenvalue weighted by molar-refractivity contribution is 5.22. The van der Waals surface area contributed by atoms with Crippen LogP contribution < -0.4 is 17.1 Å². The lowest BCUT2D eigenvalue weighted by Gasteiger charge is -2.36. The highest BCUT2D eigenvalue weighted by Crippen LogP contribution is 2.21. The molecule has 0 saturated heterocycles. The van der Waals surface area contributed by atoms with Gasteiger partial charge in [-0.2, -0.15) is 0 Å². The zero-order valence-electron chi connectivity index (χ0n) is 15.4. The molecule has 0 radical (unpaired) electrons. The van der Waals surface area contributed by atoms with Crippen LogP contribution in [0.15, 0.2) is 42.4 Å². The number of halogens is 1. The molecular weight excluding hydrogens is 310 g/mol. The summed E-state index contributed by atoms with van der Waals surface area (Å²) in [6.45, 7) is 10.4. The number of para-hydroxylation sites is 1. The molecule has 0 saturated carbocycles. The molecule has 1 atom stereocenters. The Hall–Kier alpha value is -1.19. The average molecular weight is 342 g/mol. The first-order chi connectivity index (χ1) is 10.4. The maximum absolute atomic E-state index is 5.94. The summed E-state index contributed by atoms with van der Waals surface area (Å²) in [4.78, 5) is 0. The summed E-state index contributed by atoms with van der Waals surface area (Å²) in [6, 6.07) is 10.2. The molecule has 1 unspecified atom stereocenters. The van der Waals surface area contributed by atoms with Gasteiger partial charge in [0.05, 0.1) is 33.3 Å². The smallest absolute Gasteiger partial charge is 0.286 e. The van der Waals surface area contributed by atoms with E-state index in [9.17, 15) is 0 Å². The topological polar surface area (TPSA) is 18.5 Å². The van der Waals surface area contributed by atoms with Crippen molar-refractivity contribution < 1.29 is 26.4 Å². The molecule has 0 aliphatic heterocycles. The van der Waals surface area contributed by atoms with Crippen molar-refractivity contribution in [2.24, 2.45) is 5.92 Å². The Bertz CT molecular complexity index is 458. The third-order valence-corrected chi connectivity index (χ3v) is 4.00. The Morgan fingerprint density at radius 2 is 1.74 bits per heavy atom. The standard InChI is InChI=1S/C19H32NO2.ClH/c1-7-20(5,6)17(14-16(3)4)15-19(21-8-2)22-18-12-10-9-11-13-18;/h9-13,15-17H,7-8,14H2,1-6H3;1H/q+1;/p-1. The lowest BCUT2D eigenvalue weighted by molar-refractivity contribution is -0.907. The molecule has 1 aromatic rings. The van der Waals surface area contributed by atoms with Gasteiger partial charge in [0.15, 0.2) is 0 Å². The third-order valence-electron chi connectivity index (χ3n) is 4.00. The van der Waals surface area contributed by atoms with Crippen LogP contribution in [0.3, 0.4) is 0 Å². The second kappa shape index (κ2) is 10.6. The van der Waals surface area contributed by atoms with Gasteiger partial charge in [0, 0.05) is 6.42 Å². The van der Waals surface area contributed by atoms with Gasteiger partial charge in [0.25, 0.3) is 5.95 Å². The number of hydrogen-bond donors (Lipinski definition) is 0. The number of benzene rings is 1. The van der Waals surface area contributed by atoms with Crippen LogP contribution in [0, 0.1) is 5.92 Å². The van der Waals surface area contributed by atoms with E-state index in [1.165, 1.54) is 0 Å². The molecule has 3 nitrogen and oxygen atoms in total. The van der Waals surface area contributed by atoms with Crippen LogP contribution in [0.5, 0.6) is 5.75 Å². The third kappa shape index (κ3) is 7.76. The molecule has 0 heterocycles. The lowest BCUT2D eigenvalue weighted by Crippen LogP contribution is -3.00. The van der Waals surface area contributed by atoms with E-state index in [4.69, 9.17) is 9.47 Å². The van der Waals surface area contributed by atoms with Gasteiger partial charge in [-0.05, 0) is 31.9 Å². The quantitative estimate of drug-likeness (QED) is 0.500. The number of quaternary nitrogens is 1. The maximum Gasteiger partial charge on any atom is 0.286 e. The van der Waals surface area contributed by atoms with E-state index >= 15 is 0 Å². The molecule has 1 aromatic carbocycles. The fourth-order valence-electron chi connectivity index (χ4n) is 2.29. The van der Waals surface area contributed by atoms with E-state index in [-0.39, 0.29) is 12.4 Å². The molecule has 0 N–H and O–H groups in total. The van der Waals surface area contributed by atoms with Crippen molar-refractivity contribution in [1.82, 2.24) is 0 Å². The average Bonchev–Trinajstić information content (AvgIpc) is 2.47. The van der Waals surface area contributed by atoms with Gasteiger partial charge in [-0.15, -0.1) is 0 Å². The minimum Gasteiger partial charge on any atom is -1.00 e. The van der Waals surface area contributed by atoms with Crippen LogP contribution in [0.2, 0.25) is 0 Å². The Labute approximate surface area is 148 Å². The summed E-state index contributed by atoms with van der Waals surface area (Å²) in [5.41, 5.74) is 0. The molecule has 0 aliphatic carbocycles. The Morgan fingerprint density at radius 1 is 1.13 bits per heavy atom. The van der Waals surface area contributed by atoms with Crippen molar-refractivity contribution in [2.45, 2.75) is 40.2 Å². The normalized spacial score (nSPS) is 13.4. The van der Waals surface area contributed by atoms with Crippen LogP contribution in [-0.2, 0) is 4.74 Å². The van der Waals surface area contributed by atoms with Crippen molar-refractivity contribution in [3.05, 3.63) is 42.4 Å². The van der Waals surface area contributed by atoms with Crippen LogP contribution >= 0.6 is 0 Å². The first kappa shape index (κ1) is 21.8. The summed E-state index contributed by atoms with van der Waals surface area (Å²) in [7, 11) is 4.52. The molecule has 0 amide bonds. The van der Waals surface area contributed by atoms with Crippen LogP contribution in [0.1, 0.15) is 34.1 Å². The second-order valence-electron chi connectivity index (χ2n) is 6.63. The molecule has 0 aliphatic rings. The summed E-state index contributed by atoms with van der Waals surface area (Å²) in [6.07, 6.45) is 3.26. The van der Waals surface area contributed by atoms with Crippen LogP contribution in [-0.4, -0.2) is 37.8 Å². The van der Waals surface area contributed by atoms with Crippen LogP contribution in [0.25, 0.3) is 0 Å². The summed E-state index contributed by atoms with van der Waals surface area (Å²) in [5, 5.41) is 0. The van der Waals surface area contributed by atoms with E-state index in [0.717, 1.165) is 23.2 Å². The van der Waals surface area contributed by atoms with E-state index in [0.29, 0.717) is 24.5 Å². The number of likely N-dealkylation sites (N-methyl/N-ethyl adjacent to an activating group) is 1. The molecule has 4 heteroatoms.